The van der Waals surface area contributed by atoms with Gasteiger partial charge in [-0.3, -0.25) is 4.79 Å². The van der Waals surface area contributed by atoms with Crippen molar-refractivity contribution in [2.24, 2.45) is 5.92 Å². The van der Waals surface area contributed by atoms with Gasteiger partial charge in [-0.1, -0.05) is 12.8 Å². The molecule has 1 saturated carbocycles. The lowest BCUT2D eigenvalue weighted by molar-refractivity contribution is -0.123. The molecule has 2 fully saturated rings. The summed E-state index contributed by atoms with van der Waals surface area (Å²) in [7, 11) is 4.32. The Morgan fingerprint density at radius 3 is 2.76 bits per heavy atom. The molecule has 0 aromatic carbocycles. The van der Waals surface area contributed by atoms with Gasteiger partial charge in [0, 0.05) is 31.5 Å². The SMILES string of the molecule is CN(C)C1CCN(CC2CCCCCC2=O)C1. The molecule has 2 atom stereocenters. The second-order valence-electron chi connectivity index (χ2n) is 5.93. The van der Waals surface area contributed by atoms with Crippen LogP contribution in [-0.2, 0) is 4.79 Å². The summed E-state index contributed by atoms with van der Waals surface area (Å²) in [5.41, 5.74) is 0. The maximum absolute atomic E-state index is 12.0. The molecule has 2 rings (SSSR count). The number of Topliss-reactive ketones (excluding diaryl/α,β-unsaturated/α-hetero) is 1. The zero-order valence-electron chi connectivity index (χ0n) is 11.3. The molecule has 1 heterocycles. The van der Waals surface area contributed by atoms with Crippen molar-refractivity contribution in [3.8, 4) is 0 Å². The Morgan fingerprint density at radius 2 is 2.06 bits per heavy atom. The van der Waals surface area contributed by atoms with E-state index in [1.165, 1.54) is 25.8 Å². The van der Waals surface area contributed by atoms with Crippen molar-refractivity contribution in [3.05, 3.63) is 0 Å². The quantitative estimate of drug-likeness (QED) is 0.700. The number of likely N-dealkylation sites (N-methyl/N-ethyl adjacent to an activating group) is 1. The van der Waals surface area contributed by atoms with Crippen LogP contribution < -0.4 is 0 Å². The van der Waals surface area contributed by atoms with E-state index in [4.69, 9.17) is 0 Å². The third-order valence-electron chi connectivity index (χ3n) is 4.39. The third kappa shape index (κ3) is 3.52. The molecule has 98 valence electrons. The van der Waals surface area contributed by atoms with Gasteiger partial charge < -0.3 is 9.80 Å². The highest BCUT2D eigenvalue weighted by Crippen LogP contribution is 2.23. The monoisotopic (exact) mass is 238 g/mol. The predicted octanol–water partition coefficient (Wildman–Crippen LogP) is 1.77. The van der Waals surface area contributed by atoms with Crippen molar-refractivity contribution in [2.75, 3.05) is 33.7 Å². The molecule has 0 aromatic rings. The van der Waals surface area contributed by atoms with Crippen LogP contribution >= 0.6 is 0 Å². The van der Waals surface area contributed by atoms with E-state index in [0.29, 0.717) is 17.7 Å². The fourth-order valence-electron chi connectivity index (χ4n) is 3.14. The molecule has 0 radical (unpaired) electrons. The number of rotatable bonds is 3. The van der Waals surface area contributed by atoms with E-state index in [-0.39, 0.29) is 0 Å². The molecule has 1 saturated heterocycles. The van der Waals surface area contributed by atoms with Crippen molar-refractivity contribution in [3.63, 3.8) is 0 Å². The molecular weight excluding hydrogens is 212 g/mol. The van der Waals surface area contributed by atoms with Gasteiger partial charge in [-0.05, 0) is 39.9 Å². The molecule has 0 bridgehead atoms. The zero-order chi connectivity index (χ0) is 12.3. The first-order valence-electron chi connectivity index (χ1n) is 7.08. The summed E-state index contributed by atoms with van der Waals surface area (Å²) < 4.78 is 0. The highest BCUT2D eigenvalue weighted by atomic mass is 16.1. The van der Waals surface area contributed by atoms with Crippen LogP contribution in [0.2, 0.25) is 0 Å². The Labute approximate surface area is 105 Å². The summed E-state index contributed by atoms with van der Waals surface area (Å²) in [6.07, 6.45) is 6.84. The van der Waals surface area contributed by atoms with Gasteiger partial charge in [0.15, 0.2) is 0 Å². The van der Waals surface area contributed by atoms with Gasteiger partial charge in [0.1, 0.15) is 5.78 Å². The molecule has 0 spiro atoms. The van der Waals surface area contributed by atoms with Crippen LogP contribution in [0.15, 0.2) is 0 Å². The van der Waals surface area contributed by atoms with Crippen LogP contribution in [0.25, 0.3) is 0 Å². The van der Waals surface area contributed by atoms with Gasteiger partial charge in [0.05, 0.1) is 0 Å². The maximum Gasteiger partial charge on any atom is 0.137 e. The largest absolute Gasteiger partial charge is 0.305 e. The van der Waals surface area contributed by atoms with E-state index >= 15 is 0 Å². The molecule has 1 aliphatic heterocycles. The number of carbonyl (C=O) groups excluding carboxylic acids is 1. The predicted molar refractivity (Wildman–Crippen MR) is 70.1 cm³/mol. The highest BCUT2D eigenvalue weighted by Gasteiger charge is 2.28. The second-order valence-corrected chi connectivity index (χ2v) is 5.93. The van der Waals surface area contributed by atoms with Gasteiger partial charge in [-0.15, -0.1) is 0 Å². The van der Waals surface area contributed by atoms with Crippen molar-refractivity contribution in [1.29, 1.82) is 0 Å². The van der Waals surface area contributed by atoms with Crippen LogP contribution in [-0.4, -0.2) is 55.4 Å². The van der Waals surface area contributed by atoms with E-state index in [0.717, 1.165) is 32.4 Å². The first kappa shape index (κ1) is 13.0. The number of hydrogen-bond donors (Lipinski definition) is 0. The summed E-state index contributed by atoms with van der Waals surface area (Å²) in [6, 6.07) is 0.691. The minimum atomic E-state index is 0.332. The van der Waals surface area contributed by atoms with Crippen molar-refractivity contribution < 1.29 is 4.79 Å². The Morgan fingerprint density at radius 1 is 1.24 bits per heavy atom. The lowest BCUT2D eigenvalue weighted by Gasteiger charge is -2.23. The lowest BCUT2D eigenvalue weighted by atomic mass is 9.98. The fraction of sp³-hybridized carbons (Fsp3) is 0.929. The fourth-order valence-corrected chi connectivity index (χ4v) is 3.14. The smallest absolute Gasteiger partial charge is 0.137 e. The van der Waals surface area contributed by atoms with Gasteiger partial charge >= 0.3 is 0 Å². The Hall–Kier alpha value is -0.410. The van der Waals surface area contributed by atoms with E-state index in [1.807, 2.05) is 0 Å². The molecule has 0 aromatic heterocycles. The summed E-state index contributed by atoms with van der Waals surface area (Å²) in [6.45, 7) is 3.34. The molecule has 1 aliphatic carbocycles. The molecular formula is C14H26N2O. The van der Waals surface area contributed by atoms with Crippen LogP contribution in [0.1, 0.15) is 38.5 Å². The summed E-state index contributed by atoms with van der Waals surface area (Å²) in [5.74, 6) is 0.856. The minimum Gasteiger partial charge on any atom is -0.305 e. The molecule has 3 nitrogen and oxygen atoms in total. The number of likely N-dealkylation sites (tertiary alicyclic amines) is 1. The molecule has 0 amide bonds. The molecule has 2 aliphatic rings. The maximum atomic E-state index is 12.0. The molecule has 17 heavy (non-hydrogen) atoms. The molecule has 0 N–H and O–H groups in total. The van der Waals surface area contributed by atoms with Crippen LogP contribution in [0.3, 0.4) is 0 Å². The third-order valence-corrected chi connectivity index (χ3v) is 4.39. The average molecular weight is 238 g/mol. The molecule has 3 heteroatoms. The summed E-state index contributed by atoms with van der Waals surface area (Å²) >= 11 is 0. The van der Waals surface area contributed by atoms with Crippen LogP contribution in [0, 0.1) is 5.92 Å². The van der Waals surface area contributed by atoms with E-state index in [2.05, 4.69) is 23.9 Å². The first-order chi connectivity index (χ1) is 8.16. The Kier molecular flexibility index (Phi) is 4.57. The zero-order valence-corrected chi connectivity index (χ0v) is 11.3. The number of carbonyl (C=O) groups is 1. The first-order valence-corrected chi connectivity index (χ1v) is 7.08. The lowest BCUT2D eigenvalue weighted by Crippen LogP contribution is -2.35. The highest BCUT2D eigenvalue weighted by molar-refractivity contribution is 5.81. The minimum absolute atomic E-state index is 0.332. The van der Waals surface area contributed by atoms with E-state index in [9.17, 15) is 4.79 Å². The topological polar surface area (TPSA) is 23.6 Å². The normalized spacial score (nSPS) is 32.1. The van der Waals surface area contributed by atoms with Crippen molar-refractivity contribution in [1.82, 2.24) is 9.80 Å². The van der Waals surface area contributed by atoms with Crippen molar-refractivity contribution in [2.45, 2.75) is 44.6 Å². The van der Waals surface area contributed by atoms with Crippen molar-refractivity contribution >= 4 is 5.78 Å². The van der Waals surface area contributed by atoms with Crippen LogP contribution in [0.5, 0.6) is 0 Å². The van der Waals surface area contributed by atoms with E-state index in [1.54, 1.807) is 0 Å². The summed E-state index contributed by atoms with van der Waals surface area (Å²) in [4.78, 5) is 16.8. The Balaban J connectivity index is 1.82. The van der Waals surface area contributed by atoms with E-state index < -0.39 is 0 Å². The summed E-state index contributed by atoms with van der Waals surface area (Å²) in [5, 5.41) is 0. The Bertz CT molecular complexity index is 265. The van der Waals surface area contributed by atoms with Gasteiger partial charge in [-0.2, -0.15) is 0 Å². The average Bonchev–Trinajstić information content (AvgIpc) is 2.66. The van der Waals surface area contributed by atoms with Gasteiger partial charge in [-0.25, -0.2) is 0 Å². The number of nitrogens with zero attached hydrogens (tertiary/aromatic N) is 2. The second kappa shape index (κ2) is 5.96. The standard InChI is InChI=1S/C14H26N2O/c1-15(2)13-8-9-16(11-13)10-12-6-4-3-5-7-14(12)17/h12-13H,3-11H2,1-2H3. The van der Waals surface area contributed by atoms with Gasteiger partial charge in [0.25, 0.3) is 0 Å². The molecule has 2 unspecified atom stereocenters. The van der Waals surface area contributed by atoms with Gasteiger partial charge in [0.2, 0.25) is 0 Å². The number of hydrogen-bond acceptors (Lipinski definition) is 3. The van der Waals surface area contributed by atoms with Crippen LogP contribution in [0.4, 0.5) is 0 Å². The number of ketones is 1.